The molecule has 0 aliphatic carbocycles. The van der Waals surface area contributed by atoms with Crippen molar-refractivity contribution in [2.75, 3.05) is 0 Å². The predicted octanol–water partition coefficient (Wildman–Crippen LogP) is 35.5. The smallest absolute Gasteiger partial charge is 0.00209 e. The molecule has 0 aliphatic heterocycles. The minimum atomic E-state index is 0.823. The highest BCUT2D eigenvalue weighted by Crippen LogP contribution is 2.49. The van der Waals surface area contributed by atoms with Gasteiger partial charge in [0.2, 0.25) is 0 Å². The molecule has 16 aromatic carbocycles. The van der Waals surface area contributed by atoms with Crippen molar-refractivity contribution >= 4 is 86.2 Å². The van der Waals surface area contributed by atoms with Gasteiger partial charge in [-0.1, -0.05) is 388 Å². The molecule has 604 valence electrons. The van der Waals surface area contributed by atoms with Gasteiger partial charge in [0.1, 0.15) is 0 Å². The van der Waals surface area contributed by atoms with E-state index in [-0.39, 0.29) is 0 Å². The van der Waals surface area contributed by atoms with Crippen LogP contribution in [-0.4, -0.2) is 0 Å². The minimum Gasteiger partial charge on any atom is -0.0654 e. The molecule has 16 aromatic rings. The van der Waals surface area contributed by atoms with Gasteiger partial charge in [-0.25, -0.2) is 0 Å². The molecule has 0 N–H and O–H groups in total. The molecule has 0 radical (unpaired) electrons. The third kappa shape index (κ3) is 19.2. The summed E-state index contributed by atoms with van der Waals surface area (Å²) >= 11 is 0. The third-order valence-corrected chi connectivity index (χ3v) is 26.0. The molecule has 1 atom stereocenters. The van der Waals surface area contributed by atoms with Crippen LogP contribution in [0.15, 0.2) is 237 Å². The first-order valence-electron chi connectivity index (χ1n) is 45.2. The van der Waals surface area contributed by atoms with E-state index in [1.165, 1.54) is 347 Å². The molecule has 118 heavy (non-hydrogen) atoms. The molecule has 0 spiro atoms. The molecule has 0 fully saturated rings. The Hall–Kier alpha value is -10.4. The van der Waals surface area contributed by atoms with Crippen molar-refractivity contribution in [2.45, 2.75) is 247 Å². The lowest BCUT2D eigenvalue weighted by Crippen LogP contribution is -2.03. The predicted molar refractivity (Wildman–Crippen MR) is 525 cm³/mol. The number of fused-ring (bicyclic) bond motifs is 8. The SMILES string of the molecule is CCCCC(CC)Cc1ccc2c(C)c3ccccc3c(C)c2c1.CCCCCCCCc1ccc2c(C)c3cc(CCCCCCCC)ccc3c(C)c2c1.Cc1cc(C)c(-c2c3ccc(C)cc3c(-c3c(C)cc(C)cc3C)c3ccc(C)cc23)c(C)c1.Cc1ccc2c(-c3ccccc3)c3cc(C)ccc3c(-c3ccccc3)c2c1. The summed E-state index contributed by atoms with van der Waals surface area (Å²) in [5, 5.41) is 22.1. The second-order valence-corrected chi connectivity index (χ2v) is 35.3. The van der Waals surface area contributed by atoms with Crippen LogP contribution < -0.4 is 0 Å². The maximum absolute atomic E-state index is 2.48. The molecule has 0 bridgehead atoms. The Kier molecular flexibility index (Phi) is 28.6. The van der Waals surface area contributed by atoms with Crippen LogP contribution in [0.25, 0.3) is 131 Å². The number of unbranched alkanes of at least 4 members (excludes halogenated alkanes) is 11. The Morgan fingerprint density at radius 1 is 0.203 bits per heavy atom. The van der Waals surface area contributed by atoms with E-state index in [4.69, 9.17) is 0 Å². The van der Waals surface area contributed by atoms with Crippen LogP contribution in [0.2, 0.25) is 0 Å². The van der Waals surface area contributed by atoms with E-state index in [2.05, 4.69) is 361 Å². The van der Waals surface area contributed by atoms with E-state index in [0.29, 0.717) is 0 Å². The van der Waals surface area contributed by atoms with E-state index in [0.717, 1.165) is 5.92 Å². The molecule has 0 heterocycles. The van der Waals surface area contributed by atoms with Crippen molar-refractivity contribution in [3.05, 3.63) is 331 Å². The van der Waals surface area contributed by atoms with Crippen molar-refractivity contribution in [1.82, 2.24) is 0 Å². The fourth-order valence-electron chi connectivity index (χ4n) is 19.8. The van der Waals surface area contributed by atoms with Crippen molar-refractivity contribution in [3.63, 3.8) is 0 Å². The first-order chi connectivity index (χ1) is 57.2. The molecular formula is C118H132. The number of rotatable bonds is 24. The van der Waals surface area contributed by atoms with Gasteiger partial charge in [-0.15, -0.1) is 0 Å². The molecule has 16 rings (SSSR count). The lowest BCUT2D eigenvalue weighted by atomic mass is 9.80. The standard InChI is InChI=1S/C34H34.C32H46.C28H22.C24H30/c1-19-9-11-27-29(17-19)33(31-23(5)13-21(3)14-24(31)6)28-12-10-20(2)18-30(28)34(27)32-25(7)15-22(4)16-26(32)8;1-5-7-9-11-13-15-17-27-19-21-29-26(4)32-24-28(18-16-14-12-10-8-6-2)20-22-30(32)25(3)31(29)23-27;1-19-13-15-23-25(17-19)27(21-9-5-3-6-10-21)24-16-14-20(2)18-26(24)28(23)22-11-7-4-8-12-22;1-5-7-10-19(6-2)15-20-13-14-23-17(3)21-11-8-9-12-22(21)18(4)24(23)16-20/h9-18H,1-8H3;19-24H,5-18H2,1-4H3;3-18H,1-2H3;8-9,11-14,16,19H,5-7,10,15H2,1-4H3. The van der Waals surface area contributed by atoms with Gasteiger partial charge in [0.05, 0.1) is 0 Å². The van der Waals surface area contributed by atoms with Crippen LogP contribution in [-0.2, 0) is 19.3 Å². The van der Waals surface area contributed by atoms with Gasteiger partial charge in [0.15, 0.2) is 0 Å². The topological polar surface area (TPSA) is 0 Å². The average molecular weight is 1550 g/mol. The van der Waals surface area contributed by atoms with Crippen molar-refractivity contribution < 1.29 is 0 Å². The summed E-state index contributed by atoms with van der Waals surface area (Å²) in [4.78, 5) is 0. The first-order valence-corrected chi connectivity index (χ1v) is 45.2. The highest BCUT2D eigenvalue weighted by atomic mass is 14.3. The summed E-state index contributed by atoms with van der Waals surface area (Å²) in [6.45, 7) is 40.6. The van der Waals surface area contributed by atoms with E-state index >= 15 is 0 Å². The number of aryl methyl sites for hydroxylation is 16. The van der Waals surface area contributed by atoms with Crippen LogP contribution >= 0.6 is 0 Å². The Morgan fingerprint density at radius 2 is 0.492 bits per heavy atom. The normalized spacial score (nSPS) is 11.7. The zero-order chi connectivity index (χ0) is 83.3. The van der Waals surface area contributed by atoms with E-state index in [1.807, 2.05) is 0 Å². The first kappa shape index (κ1) is 85.5. The Balaban J connectivity index is 0.000000137. The summed E-state index contributed by atoms with van der Waals surface area (Å²) < 4.78 is 0. The quantitative estimate of drug-likeness (QED) is 0.0418. The number of hydrogen-bond donors (Lipinski definition) is 0. The summed E-state index contributed by atoms with van der Waals surface area (Å²) in [7, 11) is 0. The van der Waals surface area contributed by atoms with Crippen LogP contribution in [0.4, 0.5) is 0 Å². The fourth-order valence-corrected chi connectivity index (χ4v) is 19.8. The van der Waals surface area contributed by atoms with Crippen LogP contribution in [0.3, 0.4) is 0 Å². The maximum Gasteiger partial charge on any atom is -0.00209 e. The van der Waals surface area contributed by atoms with E-state index in [1.54, 1.807) is 0 Å². The molecule has 0 nitrogen and oxygen atoms in total. The summed E-state index contributed by atoms with van der Waals surface area (Å²) in [6.07, 6.45) is 25.4. The Morgan fingerprint density at radius 3 is 0.847 bits per heavy atom. The van der Waals surface area contributed by atoms with E-state index in [9.17, 15) is 0 Å². The molecule has 1 unspecified atom stereocenters. The molecule has 0 aromatic heterocycles. The van der Waals surface area contributed by atoms with Gasteiger partial charge in [0, 0.05) is 0 Å². The number of hydrogen-bond acceptors (Lipinski definition) is 0. The molecule has 0 saturated heterocycles. The monoisotopic (exact) mass is 1550 g/mol. The largest absolute Gasteiger partial charge is 0.0654 e. The van der Waals surface area contributed by atoms with Crippen LogP contribution in [0.1, 0.15) is 225 Å². The second-order valence-electron chi connectivity index (χ2n) is 35.3. The summed E-state index contributed by atoms with van der Waals surface area (Å²) in [6, 6.07) is 89.1. The van der Waals surface area contributed by atoms with Gasteiger partial charge in [0.25, 0.3) is 0 Å². The van der Waals surface area contributed by atoms with Crippen molar-refractivity contribution in [3.8, 4) is 44.5 Å². The zero-order valence-electron chi connectivity index (χ0n) is 75.0. The minimum absolute atomic E-state index is 0.823. The third-order valence-electron chi connectivity index (χ3n) is 26.0. The summed E-state index contributed by atoms with van der Waals surface area (Å²) in [5.41, 5.74) is 34.1. The Labute approximate surface area is 709 Å². The van der Waals surface area contributed by atoms with Gasteiger partial charge >= 0.3 is 0 Å². The molecule has 0 amide bonds. The lowest BCUT2D eigenvalue weighted by Gasteiger charge is -2.23. The highest BCUT2D eigenvalue weighted by Gasteiger charge is 2.24. The molecule has 0 aliphatic rings. The van der Waals surface area contributed by atoms with Crippen LogP contribution in [0, 0.1) is 103 Å². The van der Waals surface area contributed by atoms with Crippen molar-refractivity contribution in [2.24, 2.45) is 5.92 Å². The van der Waals surface area contributed by atoms with Crippen LogP contribution in [0.5, 0.6) is 0 Å². The highest BCUT2D eigenvalue weighted by molar-refractivity contribution is 6.24. The average Bonchev–Trinajstić information content (AvgIpc) is 0.722. The summed E-state index contributed by atoms with van der Waals surface area (Å²) in [5.74, 6) is 0.823. The zero-order valence-corrected chi connectivity index (χ0v) is 75.0. The molecular weight excluding hydrogens is 1420 g/mol. The lowest BCUT2D eigenvalue weighted by molar-refractivity contribution is 0.449. The van der Waals surface area contributed by atoms with Gasteiger partial charge in [-0.3, -0.25) is 0 Å². The van der Waals surface area contributed by atoms with Gasteiger partial charge < -0.3 is 0 Å². The maximum atomic E-state index is 2.48. The fraction of sp³-hybridized carbons (Fsp3) is 0.322. The van der Waals surface area contributed by atoms with E-state index < -0.39 is 0 Å². The van der Waals surface area contributed by atoms with Gasteiger partial charge in [-0.05, 0) is 327 Å². The molecule has 0 heteroatoms. The Bertz CT molecular complexity index is 5880. The molecule has 0 saturated carbocycles. The second kappa shape index (κ2) is 39.4. The number of benzene rings is 16. The van der Waals surface area contributed by atoms with Crippen molar-refractivity contribution in [1.29, 1.82) is 0 Å². The van der Waals surface area contributed by atoms with Gasteiger partial charge in [-0.2, -0.15) is 0 Å².